The van der Waals surface area contributed by atoms with Gasteiger partial charge in [0, 0.05) is 30.2 Å². The molecule has 3 atom stereocenters. The average molecular weight is 581 g/mol. The Morgan fingerprint density at radius 1 is 1.07 bits per heavy atom. The van der Waals surface area contributed by atoms with Crippen LogP contribution in [-0.2, 0) is 20.9 Å². The molecule has 0 radical (unpaired) electrons. The van der Waals surface area contributed by atoms with Crippen LogP contribution in [0.15, 0.2) is 36.4 Å². The fraction of sp³-hybridized carbons (Fsp3) is 0.407. The number of hydrogen-bond acceptors (Lipinski definition) is 7. The molecule has 4 heterocycles. The average Bonchev–Trinajstić information content (AvgIpc) is 3.67. The lowest BCUT2D eigenvalue weighted by Crippen LogP contribution is -2.52. The molecule has 2 aromatic heterocycles. The Morgan fingerprint density at radius 2 is 1.88 bits per heavy atom. The number of carbonyl (C=O) groups is 4. The molecular formula is C27H29ClN8O5. The second-order valence-electron chi connectivity index (χ2n) is 10.4. The summed E-state index contributed by atoms with van der Waals surface area (Å²) in [6.45, 7) is 1.71. The molecule has 6 rings (SSSR count). The van der Waals surface area contributed by atoms with Crippen LogP contribution in [0.5, 0.6) is 0 Å². The Kier molecular flexibility index (Phi) is 7.22. The molecule has 3 aromatic rings. The van der Waals surface area contributed by atoms with Crippen molar-refractivity contribution >= 4 is 57.8 Å². The maximum Gasteiger partial charge on any atom is 0.321 e. The smallest absolute Gasteiger partial charge is 0.321 e. The van der Waals surface area contributed by atoms with Crippen LogP contribution in [0.2, 0.25) is 5.15 Å². The third kappa shape index (κ3) is 5.30. The molecule has 4 N–H and O–H groups in total. The van der Waals surface area contributed by atoms with Gasteiger partial charge in [0.15, 0.2) is 5.69 Å². The summed E-state index contributed by atoms with van der Waals surface area (Å²) in [5.74, 6) is -1.01. The Balaban J connectivity index is 1.22. The van der Waals surface area contributed by atoms with Crippen LogP contribution >= 0.6 is 11.6 Å². The molecule has 0 spiro atoms. The molecule has 0 unspecified atom stereocenters. The first-order valence-corrected chi connectivity index (χ1v) is 13.8. The second kappa shape index (κ2) is 11.0. The van der Waals surface area contributed by atoms with Gasteiger partial charge in [0.05, 0.1) is 18.7 Å². The number of carbonyl (C=O) groups excluding carboxylic acids is 4. The quantitative estimate of drug-likeness (QED) is 0.375. The molecule has 214 valence electrons. The van der Waals surface area contributed by atoms with E-state index in [0.29, 0.717) is 48.7 Å². The van der Waals surface area contributed by atoms with E-state index in [4.69, 9.17) is 22.1 Å². The number of nitrogens with one attached hydrogen (secondary N) is 2. The highest BCUT2D eigenvalue weighted by atomic mass is 35.5. The SMILES string of the molecule is NC(=O)c1nn(CC(=O)N2[C@@H]3CC[C@@H](C3)[C@H]2C(=O)Nc2cccc(Cl)n2)c2ccc(NC(=O)N3CCOCC3)cc12. The maximum absolute atomic E-state index is 13.7. The molecule has 14 heteroatoms. The summed E-state index contributed by atoms with van der Waals surface area (Å²) in [6.07, 6.45) is 2.41. The Labute approximate surface area is 239 Å². The number of rotatable bonds is 6. The van der Waals surface area contributed by atoms with Crippen molar-refractivity contribution in [3.05, 3.63) is 47.2 Å². The number of nitrogens with zero attached hydrogens (tertiary/aromatic N) is 5. The lowest BCUT2D eigenvalue weighted by Gasteiger charge is -2.34. The van der Waals surface area contributed by atoms with Gasteiger partial charge in [0.1, 0.15) is 23.6 Å². The topological polar surface area (TPSA) is 165 Å². The van der Waals surface area contributed by atoms with Crippen molar-refractivity contribution in [3.63, 3.8) is 0 Å². The third-order valence-corrected chi connectivity index (χ3v) is 8.14. The Bertz CT molecular complexity index is 1540. The number of pyridine rings is 1. The van der Waals surface area contributed by atoms with E-state index in [0.717, 1.165) is 19.3 Å². The van der Waals surface area contributed by atoms with Crippen LogP contribution < -0.4 is 16.4 Å². The molecule has 13 nitrogen and oxygen atoms in total. The van der Waals surface area contributed by atoms with Crippen molar-refractivity contribution in [1.29, 1.82) is 0 Å². The van der Waals surface area contributed by atoms with E-state index in [2.05, 4.69) is 20.7 Å². The zero-order chi connectivity index (χ0) is 28.7. The van der Waals surface area contributed by atoms with Gasteiger partial charge < -0.3 is 30.9 Å². The standard InChI is InChI=1S/C27H29ClN8O5/c28-20-2-1-3-21(31-20)32-26(39)24-15-4-6-17(12-15)36(24)22(37)14-35-19-7-5-16(13-18(19)23(33-35)25(29)38)30-27(40)34-8-10-41-11-9-34/h1-3,5,7,13,15,17,24H,4,6,8-12,14H2,(H2,29,38)(H,30,40)(H,31,32,39)/t15-,17+,24-/m0/s1. The number of likely N-dealkylation sites (tertiary alicyclic amines) is 1. The molecule has 41 heavy (non-hydrogen) atoms. The number of anilines is 2. The number of benzene rings is 1. The fourth-order valence-electron chi connectivity index (χ4n) is 6.10. The summed E-state index contributed by atoms with van der Waals surface area (Å²) >= 11 is 5.97. The van der Waals surface area contributed by atoms with Crippen LogP contribution in [0.25, 0.3) is 10.9 Å². The summed E-state index contributed by atoms with van der Waals surface area (Å²) in [6, 6.07) is 8.93. The number of aromatic nitrogens is 3. The molecular weight excluding hydrogens is 552 g/mol. The van der Waals surface area contributed by atoms with Crippen LogP contribution in [-0.4, -0.2) is 86.7 Å². The first kappa shape index (κ1) is 27.0. The molecule has 1 aromatic carbocycles. The van der Waals surface area contributed by atoms with E-state index < -0.39 is 11.9 Å². The van der Waals surface area contributed by atoms with E-state index in [9.17, 15) is 19.2 Å². The van der Waals surface area contributed by atoms with Crippen molar-refractivity contribution in [3.8, 4) is 0 Å². The summed E-state index contributed by atoms with van der Waals surface area (Å²) in [7, 11) is 0. The van der Waals surface area contributed by atoms with Gasteiger partial charge in [-0.15, -0.1) is 0 Å². The minimum absolute atomic E-state index is 0.0143. The zero-order valence-electron chi connectivity index (χ0n) is 22.1. The van der Waals surface area contributed by atoms with E-state index in [1.807, 2.05) is 0 Å². The number of nitrogens with two attached hydrogens (primary N) is 1. The number of urea groups is 1. The highest BCUT2D eigenvalue weighted by molar-refractivity contribution is 6.29. The summed E-state index contributed by atoms with van der Waals surface area (Å²) in [5, 5.41) is 10.6. The number of amides is 5. The van der Waals surface area contributed by atoms with Gasteiger partial charge in [0.2, 0.25) is 11.8 Å². The van der Waals surface area contributed by atoms with Gasteiger partial charge in [-0.05, 0) is 55.5 Å². The van der Waals surface area contributed by atoms with Crippen LogP contribution in [0.3, 0.4) is 0 Å². The van der Waals surface area contributed by atoms with Crippen molar-refractivity contribution < 1.29 is 23.9 Å². The summed E-state index contributed by atoms with van der Waals surface area (Å²) in [4.78, 5) is 59.3. The molecule has 3 aliphatic rings. The van der Waals surface area contributed by atoms with Crippen LogP contribution in [0, 0.1) is 5.92 Å². The zero-order valence-corrected chi connectivity index (χ0v) is 22.8. The number of fused-ring (bicyclic) bond motifs is 3. The van der Waals surface area contributed by atoms with Gasteiger partial charge >= 0.3 is 6.03 Å². The van der Waals surface area contributed by atoms with Gasteiger partial charge in [-0.2, -0.15) is 5.10 Å². The number of ether oxygens (including phenoxy) is 1. The monoisotopic (exact) mass is 580 g/mol. The molecule has 2 saturated heterocycles. The van der Waals surface area contributed by atoms with Crippen molar-refractivity contribution in [2.45, 2.75) is 37.9 Å². The minimum atomic E-state index is -0.760. The minimum Gasteiger partial charge on any atom is -0.378 e. The van der Waals surface area contributed by atoms with E-state index >= 15 is 0 Å². The van der Waals surface area contributed by atoms with E-state index in [1.165, 1.54) is 4.68 Å². The molecule has 3 fully saturated rings. The predicted octanol–water partition coefficient (Wildman–Crippen LogP) is 2.07. The van der Waals surface area contributed by atoms with Crippen LogP contribution in [0.4, 0.5) is 16.3 Å². The van der Waals surface area contributed by atoms with Gasteiger partial charge in [-0.1, -0.05) is 17.7 Å². The number of morpholine rings is 1. The Hall–Kier alpha value is -4.23. The molecule has 1 saturated carbocycles. The Morgan fingerprint density at radius 3 is 2.63 bits per heavy atom. The summed E-state index contributed by atoms with van der Waals surface area (Å²) in [5.41, 5.74) is 6.58. The molecule has 2 aliphatic heterocycles. The number of primary amides is 1. The highest BCUT2D eigenvalue weighted by Crippen LogP contribution is 2.43. The first-order chi connectivity index (χ1) is 19.8. The van der Waals surface area contributed by atoms with Crippen LogP contribution in [0.1, 0.15) is 29.8 Å². The van der Waals surface area contributed by atoms with E-state index in [1.54, 1.807) is 46.2 Å². The van der Waals surface area contributed by atoms with Crippen molar-refractivity contribution in [2.24, 2.45) is 11.7 Å². The number of halogens is 1. The molecule has 1 aliphatic carbocycles. The maximum atomic E-state index is 13.7. The number of hydrogen-bond donors (Lipinski definition) is 3. The molecule has 2 bridgehead atoms. The van der Waals surface area contributed by atoms with Crippen molar-refractivity contribution in [1.82, 2.24) is 24.6 Å². The van der Waals surface area contributed by atoms with Gasteiger partial charge in [0.25, 0.3) is 5.91 Å². The van der Waals surface area contributed by atoms with Gasteiger partial charge in [-0.3, -0.25) is 19.1 Å². The summed E-state index contributed by atoms with van der Waals surface area (Å²) < 4.78 is 6.71. The fourth-order valence-corrected chi connectivity index (χ4v) is 6.26. The lowest BCUT2D eigenvalue weighted by atomic mass is 9.97. The normalized spacial score (nSPS) is 21.7. The molecule has 5 amide bonds. The number of piperidine rings is 1. The largest absolute Gasteiger partial charge is 0.378 e. The first-order valence-electron chi connectivity index (χ1n) is 13.5. The lowest BCUT2D eigenvalue weighted by molar-refractivity contribution is -0.141. The third-order valence-electron chi connectivity index (χ3n) is 7.93. The van der Waals surface area contributed by atoms with E-state index in [-0.39, 0.29) is 47.2 Å². The second-order valence-corrected chi connectivity index (χ2v) is 10.8. The highest BCUT2D eigenvalue weighted by Gasteiger charge is 2.51. The van der Waals surface area contributed by atoms with Gasteiger partial charge in [-0.25, -0.2) is 9.78 Å². The van der Waals surface area contributed by atoms with Crippen molar-refractivity contribution in [2.75, 3.05) is 36.9 Å². The predicted molar refractivity (Wildman–Crippen MR) is 149 cm³/mol.